The second kappa shape index (κ2) is 10.6. The number of amides is 1. The van der Waals surface area contributed by atoms with E-state index in [-0.39, 0.29) is 5.91 Å². The molecular weight excluding hydrogens is 472 g/mol. The van der Waals surface area contributed by atoms with Crippen LogP contribution >= 0.6 is 34.7 Å². The van der Waals surface area contributed by atoms with E-state index in [0.29, 0.717) is 27.2 Å². The van der Waals surface area contributed by atoms with Crippen molar-refractivity contribution in [2.45, 2.75) is 23.6 Å². The predicted octanol–water partition coefficient (Wildman–Crippen LogP) is 6.91. The van der Waals surface area contributed by atoms with E-state index in [0.717, 1.165) is 22.5 Å². The predicted molar refractivity (Wildman–Crippen MR) is 136 cm³/mol. The third kappa shape index (κ3) is 5.60. The van der Waals surface area contributed by atoms with Gasteiger partial charge >= 0.3 is 0 Å². The van der Waals surface area contributed by atoms with Gasteiger partial charge in [-0.05, 0) is 30.7 Å². The van der Waals surface area contributed by atoms with Gasteiger partial charge in [0.15, 0.2) is 5.13 Å². The molecule has 2 aromatic carbocycles. The van der Waals surface area contributed by atoms with Crippen LogP contribution in [-0.4, -0.2) is 21.1 Å². The van der Waals surface area contributed by atoms with Crippen molar-refractivity contribution in [1.29, 1.82) is 5.26 Å². The number of aromatic nitrogens is 2. The molecule has 0 bridgehead atoms. The number of rotatable bonds is 7. The normalized spacial score (nSPS) is 11.5. The lowest BCUT2D eigenvalue weighted by Crippen LogP contribution is -2.24. The van der Waals surface area contributed by atoms with Crippen LogP contribution in [0.4, 0.5) is 5.13 Å². The first-order chi connectivity index (χ1) is 16.1. The Hall–Kier alpha value is -3.18. The summed E-state index contributed by atoms with van der Waals surface area (Å²) < 4.78 is 0. The number of thiazole rings is 1. The van der Waals surface area contributed by atoms with Crippen LogP contribution in [0.5, 0.6) is 0 Å². The first-order valence-corrected chi connectivity index (χ1v) is 12.4. The van der Waals surface area contributed by atoms with Crippen LogP contribution in [0.3, 0.4) is 0 Å². The maximum Gasteiger partial charge on any atom is 0.239 e. The minimum Gasteiger partial charge on any atom is -0.301 e. The molecule has 1 atom stereocenters. The van der Waals surface area contributed by atoms with Crippen LogP contribution in [-0.2, 0) is 4.79 Å². The number of benzene rings is 2. The third-order valence-corrected chi connectivity index (χ3v) is 7.22. The molecule has 0 aliphatic carbocycles. The monoisotopic (exact) mass is 490 g/mol. The Kier molecular flexibility index (Phi) is 7.40. The van der Waals surface area contributed by atoms with Gasteiger partial charge in [-0.15, -0.1) is 11.3 Å². The van der Waals surface area contributed by atoms with Crippen molar-refractivity contribution in [2.75, 3.05) is 5.32 Å². The third-order valence-electron chi connectivity index (χ3n) is 4.84. The van der Waals surface area contributed by atoms with E-state index in [2.05, 4.69) is 21.4 Å². The van der Waals surface area contributed by atoms with Crippen LogP contribution in [0.15, 0.2) is 77.1 Å². The molecule has 4 rings (SSSR count). The van der Waals surface area contributed by atoms with Gasteiger partial charge in [0.25, 0.3) is 0 Å². The zero-order valence-electron chi connectivity index (χ0n) is 17.7. The minimum absolute atomic E-state index is 0.168. The number of nitriles is 1. The second-order valence-corrected chi connectivity index (χ2v) is 9.56. The Morgan fingerprint density at radius 3 is 2.48 bits per heavy atom. The smallest absolute Gasteiger partial charge is 0.239 e. The van der Waals surface area contributed by atoms with E-state index in [1.807, 2.05) is 54.8 Å². The van der Waals surface area contributed by atoms with E-state index in [9.17, 15) is 10.1 Å². The van der Waals surface area contributed by atoms with Gasteiger partial charge in [0.2, 0.25) is 5.91 Å². The van der Waals surface area contributed by atoms with Crippen molar-refractivity contribution in [3.05, 3.63) is 82.7 Å². The topological polar surface area (TPSA) is 78.7 Å². The highest BCUT2D eigenvalue weighted by atomic mass is 35.5. The van der Waals surface area contributed by atoms with Gasteiger partial charge in [0.05, 0.1) is 22.2 Å². The maximum absolute atomic E-state index is 13.0. The lowest BCUT2D eigenvalue weighted by Gasteiger charge is -2.14. The van der Waals surface area contributed by atoms with Crippen LogP contribution in [0.2, 0.25) is 5.02 Å². The standard InChI is InChI=1S/C25H19ClN4OS2/c1-2-22(23(31)30-25-29-21(15-32-25)16-6-4-3-5-7-16)33-24-18(14-27)10-13-20(28-24)17-8-11-19(26)12-9-17/h3-13,15,22H,2H2,1H3,(H,29,30,31). The van der Waals surface area contributed by atoms with Crippen molar-refractivity contribution in [3.63, 3.8) is 0 Å². The molecule has 0 radical (unpaired) electrons. The van der Waals surface area contributed by atoms with E-state index < -0.39 is 5.25 Å². The van der Waals surface area contributed by atoms with Crippen LogP contribution in [0.1, 0.15) is 18.9 Å². The van der Waals surface area contributed by atoms with E-state index >= 15 is 0 Å². The number of pyridine rings is 1. The van der Waals surface area contributed by atoms with Gasteiger partial charge in [0.1, 0.15) is 11.1 Å². The van der Waals surface area contributed by atoms with Crippen molar-refractivity contribution >= 4 is 45.7 Å². The van der Waals surface area contributed by atoms with Crippen LogP contribution in [0, 0.1) is 11.3 Å². The summed E-state index contributed by atoms with van der Waals surface area (Å²) in [6.45, 7) is 1.93. The molecule has 0 saturated heterocycles. The molecular formula is C25H19ClN4OS2. The van der Waals surface area contributed by atoms with Crippen molar-refractivity contribution in [3.8, 4) is 28.6 Å². The summed E-state index contributed by atoms with van der Waals surface area (Å²) >= 11 is 8.66. The molecule has 0 spiro atoms. The lowest BCUT2D eigenvalue weighted by molar-refractivity contribution is -0.115. The Labute approximate surface area is 205 Å². The Morgan fingerprint density at radius 1 is 1.06 bits per heavy atom. The number of carbonyl (C=O) groups is 1. The second-order valence-electron chi connectivity index (χ2n) is 7.08. The first kappa shape index (κ1) is 23.0. The summed E-state index contributed by atoms with van der Waals surface area (Å²) in [5, 5.41) is 15.7. The number of thioether (sulfide) groups is 1. The molecule has 2 aromatic heterocycles. The zero-order valence-corrected chi connectivity index (χ0v) is 20.0. The minimum atomic E-state index is -0.422. The van der Waals surface area contributed by atoms with Gasteiger partial charge in [-0.3, -0.25) is 4.79 Å². The zero-order chi connectivity index (χ0) is 23.2. The fourth-order valence-electron chi connectivity index (χ4n) is 3.11. The lowest BCUT2D eigenvalue weighted by atomic mass is 10.1. The Balaban J connectivity index is 1.52. The SMILES string of the molecule is CCC(Sc1nc(-c2ccc(Cl)cc2)ccc1C#N)C(=O)Nc1nc(-c2ccccc2)cs1. The van der Waals surface area contributed by atoms with Crippen LogP contribution < -0.4 is 5.32 Å². The summed E-state index contributed by atoms with van der Waals surface area (Å²) in [5.41, 5.74) is 3.86. The fraction of sp³-hybridized carbons (Fsp3) is 0.120. The average Bonchev–Trinajstić information content (AvgIpc) is 3.31. The number of nitrogens with one attached hydrogen (secondary N) is 1. The van der Waals surface area contributed by atoms with E-state index in [1.165, 1.54) is 23.1 Å². The molecule has 1 unspecified atom stereocenters. The largest absolute Gasteiger partial charge is 0.301 e. The van der Waals surface area contributed by atoms with E-state index in [4.69, 9.17) is 11.6 Å². The van der Waals surface area contributed by atoms with Gasteiger partial charge < -0.3 is 5.32 Å². The molecule has 1 N–H and O–H groups in total. The fourth-order valence-corrected chi connectivity index (χ4v) is 4.95. The van der Waals surface area contributed by atoms with Crippen molar-refractivity contribution in [1.82, 2.24) is 9.97 Å². The van der Waals surface area contributed by atoms with Crippen LogP contribution in [0.25, 0.3) is 22.5 Å². The summed E-state index contributed by atoms with van der Waals surface area (Å²) in [4.78, 5) is 22.2. The molecule has 0 aliphatic heterocycles. The number of halogens is 1. The first-order valence-electron chi connectivity index (χ1n) is 10.2. The van der Waals surface area contributed by atoms with Gasteiger partial charge in [0, 0.05) is 21.5 Å². The highest BCUT2D eigenvalue weighted by molar-refractivity contribution is 8.00. The number of hydrogen-bond donors (Lipinski definition) is 1. The Morgan fingerprint density at radius 2 is 1.79 bits per heavy atom. The molecule has 4 aromatic rings. The summed E-state index contributed by atoms with van der Waals surface area (Å²) in [5.74, 6) is -0.168. The quantitative estimate of drug-likeness (QED) is 0.285. The molecule has 0 fully saturated rings. The average molecular weight is 491 g/mol. The van der Waals surface area contributed by atoms with E-state index in [1.54, 1.807) is 24.3 Å². The molecule has 164 valence electrons. The van der Waals surface area contributed by atoms with Crippen molar-refractivity contribution in [2.24, 2.45) is 0 Å². The molecule has 0 aliphatic rings. The van der Waals surface area contributed by atoms with Crippen molar-refractivity contribution < 1.29 is 4.79 Å². The van der Waals surface area contributed by atoms with Gasteiger partial charge in [-0.25, -0.2) is 9.97 Å². The number of hydrogen-bond acceptors (Lipinski definition) is 6. The molecule has 5 nitrogen and oxygen atoms in total. The highest BCUT2D eigenvalue weighted by Crippen LogP contribution is 2.31. The number of anilines is 1. The molecule has 1 amide bonds. The summed E-state index contributed by atoms with van der Waals surface area (Å²) in [6, 6.07) is 22.9. The highest BCUT2D eigenvalue weighted by Gasteiger charge is 2.22. The molecule has 2 heterocycles. The molecule has 33 heavy (non-hydrogen) atoms. The number of nitrogens with zero attached hydrogens (tertiary/aromatic N) is 3. The van der Waals surface area contributed by atoms with Gasteiger partial charge in [-0.2, -0.15) is 5.26 Å². The summed E-state index contributed by atoms with van der Waals surface area (Å²) in [7, 11) is 0. The molecule has 0 saturated carbocycles. The summed E-state index contributed by atoms with van der Waals surface area (Å²) in [6.07, 6.45) is 0.575. The molecule has 8 heteroatoms. The van der Waals surface area contributed by atoms with Gasteiger partial charge in [-0.1, -0.05) is 72.8 Å². The Bertz CT molecular complexity index is 1300. The maximum atomic E-state index is 13.0. The number of carbonyl (C=O) groups excluding carboxylic acids is 1.